The summed E-state index contributed by atoms with van der Waals surface area (Å²) in [5.41, 5.74) is 7.39. The Bertz CT molecular complexity index is 1390. The molecule has 13 nitrogen and oxygen atoms in total. The lowest BCUT2D eigenvalue weighted by atomic mass is 9.88. The molecule has 3 rings (SSSR count). The van der Waals surface area contributed by atoms with Gasteiger partial charge in [-0.1, -0.05) is 73.9 Å². The van der Waals surface area contributed by atoms with Crippen LogP contribution in [0.5, 0.6) is 0 Å². The molecule has 2 heterocycles. The van der Waals surface area contributed by atoms with Gasteiger partial charge in [0, 0.05) is 39.5 Å². The molecule has 3 unspecified atom stereocenters. The number of ether oxygens (including phenoxy) is 2. The largest absolute Gasteiger partial charge is 0.399 e. The van der Waals surface area contributed by atoms with Crippen molar-refractivity contribution < 1.29 is 33.8 Å². The maximum absolute atomic E-state index is 14.3. The number of aliphatic hydroxyl groups excluding tert-OH is 1. The number of nitrogen functional groups attached to an aromatic ring is 1. The molecule has 13 heteroatoms. The summed E-state index contributed by atoms with van der Waals surface area (Å²) >= 11 is 0. The summed E-state index contributed by atoms with van der Waals surface area (Å²) in [6.07, 6.45) is 2.36. The Morgan fingerprint density at radius 1 is 1.02 bits per heavy atom. The summed E-state index contributed by atoms with van der Waals surface area (Å²) in [5, 5.41) is 19.6. The molecule has 2 fully saturated rings. The van der Waals surface area contributed by atoms with Crippen LogP contribution in [0.1, 0.15) is 93.1 Å². The van der Waals surface area contributed by atoms with Crippen molar-refractivity contribution in [2.24, 2.45) is 29.6 Å². The second-order valence-electron chi connectivity index (χ2n) is 16.5. The molecule has 0 bridgehead atoms. The number of hydrogen-bond acceptors (Lipinski definition) is 9. The van der Waals surface area contributed by atoms with Crippen LogP contribution in [-0.2, 0) is 35.1 Å². The zero-order chi connectivity index (χ0) is 41.1. The minimum Gasteiger partial charge on any atom is -0.399 e. The van der Waals surface area contributed by atoms with Crippen LogP contribution in [0.4, 0.5) is 5.69 Å². The number of hydrogen-bond donors (Lipinski definition) is 5. The Morgan fingerprint density at radius 2 is 1.67 bits per heavy atom. The number of methoxy groups -OCH3 is 2. The third-order valence-corrected chi connectivity index (χ3v) is 12.6. The van der Waals surface area contributed by atoms with Crippen molar-refractivity contribution >= 4 is 29.3 Å². The molecule has 4 amide bonds. The maximum atomic E-state index is 14.3. The quantitative estimate of drug-likeness (QED) is 0.125. The molecule has 312 valence electrons. The monoisotopic (exact) mass is 773 g/mol. The Hall–Kier alpha value is -3.26. The highest BCUT2D eigenvalue weighted by Gasteiger charge is 2.45. The number of nitrogens with one attached hydrogen (secondary N) is 3. The lowest BCUT2D eigenvalue weighted by molar-refractivity contribution is -0.147. The molecule has 0 aliphatic carbocycles. The van der Waals surface area contributed by atoms with Crippen molar-refractivity contribution in [1.29, 1.82) is 0 Å². The molecule has 2 saturated heterocycles. The number of aliphatic hydroxyl groups is 1. The summed E-state index contributed by atoms with van der Waals surface area (Å²) in [7, 11) is 4.87. The van der Waals surface area contributed by atoms with E-state index in [1.807, 2.05) is 32.9 Å². The van der Waals surface area contributed by atoms with Crippen LogP contribution < -0.4 is 21.7 Å². The molecule has 0 saturated carbocycles. The molecule has 0 spiro atoms. The Labute approximate surface area is 330 Å². The lowest BCUT2D eigenvalue weighted by Gasteiger charge is -2.41. The topological polar surface area (TPSA) is 176 Å². The zero-order valence-corrected chi connectivity index (χ0v) is 35.3. The molecule has 6 N–H and O–H groups in total. The summed E-state index contributed by atoms with van der Waals surface area (Å²) in [6.45, 7) is 16.4. The van der Waals surface area contributed by atoms with E-state index in [1.54, 1.807) is 50.1 Å². The highest BCUT2D eigenvalue weighted by molar-refractivity contribution is 5.90. The summed E-state index contributed by atoms with van der Waals surface area (Å²) in [5.74, 6) is -1.12. The van der Waals surface area contributed by atoms with Crippen molar-refractivity contribution in [1.82, 2.24) is 25.8 Å². The number of nitrogens with two attached hydrogens (primary N) is 1. The molecule has 2 aliphatic rings. The van der Waals surface area contributed by atoms with Gasteiger partial charge in [-0.25, -0.2) is 0 Å². The maximum Gasteiger partial charge on any atom is 0.245 e. The first-order valence-corrected chi connectivity index (χ1v) is 20.5. The summed E-state index contributed by atoms with van der Waals surface area (Å²) in [4.78, 5) is 59.2. The van der Waals surface area contributed by atoms with E-state index in [-0.39, 0.29) is 72.5 Å². The van der Waals surface area contributed by atoms with Gasteiger partial charge in [0.2, 0.25) is 23.6 Å². The minimum atomic E-state index is -0.753. The Kier molecular flexibility index (Phi) is 17.9. The molecule has 12 atom stereocenters. The highest BCUT2D eigenvalue weighted by atomic mass is 16.5. The van der Waals surface area contributed by atoms with E-state index < -0.39 is 36.3 Å². The number of benzene rings is 1. The van der Waals surface area contributed by atoms with Crippen molar-refractivity contribution in [2.45, 2.75) is 142 Å². The van der Waals surface area contributed by atoms with E-state index in [0.717, 1.165) is 24.8 Å². The number of anilines is 1. The van der Waals surface area contributed by atoms with E-state index in [4.69, 9.17) is 15.2 Å². The predicted octanol–water partition coefficient (Wildman–Crippen LogP) is 3.37. The average molecular weight is 773 g/mol. The summed E-state index contributed by atoms with van der Waals surface area (Å²) in [6, 6.07) is 5.15. The lowest BCUT2D eigenvalue weighted by Crippen LogP contribution is -2.59. The molecular formula is C42H72N6O7. The SMILES string of the molecule is CCC1N[C@H](C(=O)N[C@H](C(=O)N(C)C([C@@H](C)CC)[C@@H](CC(=O)N2CCC[C@H]2[C@H](OC)[C@@H](C)C(=O)N[C@H](CO)Cc2ccc(N)cc2)OC)C(C)C)C(C)[C@@H]1C. The molecule has 1 aromatic carbocycles. The fraction of sp³-hybridized carbons (Fsp3) is 0.762. The fourth-order valence-corrected chi connectivity index (χ4v) is 8.72. The van der Waals surface area contributed by atoms with Crippen molar-refractivity contribution in [2.75, 3.05) is 40.2 Å². The predicted molar refractivity (Wildman–Crippen MR) is 216 cm³/mol. The van der Waals surface area contributed by atoms with Gasteiger partial charge in [-0.2, -0.15) is 0 Å². The normalized spacial score (nSPS) is 25.1. The number of carbonyl (C=O) groups excluding carboxylic acids is 4. The van der Waals surface area contributed by atoms with Gasteiger partial charge in [-0.15, -0.1) is 0 Å². The van der Waals surface area contributed by atoms with Crippen LogP contribution in [0, 0.1) is 29.6 Å². The number of likely N-dealkylation sites (N-methyl/N-ethyl adjacent to an activating group) is 1. The van der Waals surface area contributed by atoms with Gasteiger partial charge in [0.1, 0.15) is 6.04 Å². The molecular weight excluding hydrogens is 700 g/mol. The highest BCUT2D eigenvalue weighted by Crippen LogP contribution is 2.31. The second kappa shape index (κ2) is 21.3. The molecule has 0 aromatic heterocycles. The second-order valence-corrected chi connectivity index (χ2v) is 16.5. The van der Waals surface area contributed by atoms with Crippen molar-refractivity contribution in [3.63, 3.8) is 0 Å². The fourth-order valence-electron chi connectivity index (χ4n) is 8.72. The molecule has 2 aliphatic heterocycles. The van der Waals surface area contributed by atoms with Crippen LogP contribution >= 0.6 is 0 Å². The van der Waals surface area contributed by atoms with Gasteiger partial charge < -0.3 is 46.1 Å². The van der Waals surface area contributed by atoms with E-state index >= 15 is 0 Å². The number of carbonyl (C=O) groups is 4. The van der Waals surface area contributed by atoms with E-state index in [2.05, 4.69) is 43.6 Å². The van der Waals surface area contributed by atoms with Gasteiger partial charge in [0.05, 0.1) is 55.3 Å². The number of rotatable bonds is 20. The minimum absolute atomic E-state index is 0.0181. The van der Waals surface area contributed by atoms with Crippen LogP contribution in [0.3, 0.4) is 0 Å². The third kappa shape index (κ3) is 11.4. The van der Waals surface area contributed by atoms with Crippen molar-refractivity contribution in [3.05, 3.63) is 29.8 Å². The molecule has 1 aromatic rings. The Morgan fingerprint density at radius 3 is 2.20 bits per heavy atom. The van der Waals surface area contributed by atoms with Crippen molar-refractivity contribution in [3.8, 4) is 0 Å². The van der Waals surface area contributed by atoms with Crippen LogP contribution in [-0.4, -0.2) is 121 Å². The number of amides is 4. The molecule has 0 radical (unpaired) electrons. The van der Waals surface area contributed by atoms with Crippen LogP contribution in [0.2, 0.25) is 0 Å². The van der Waals surface area contributed by atoms with Gasteiger partial charge in [0.15, 0.2) is 0 Å². The van der Waals surface area contributed by atoms with Crippen LogP contribution in [0.15, 0.2) is 24.3 Å². The number of nitrogens with zero attached hydrogens (tertiary/aromatic N) is 2. The van der Waals surface area contributed by atoms with Gasteiger partial charge in [0.25, 0.3) is 0 Å². The number of likely N-dealkylation sites (tertiary alicyclic amines) is 1. The van der Waals surface area contributed by atoms with Gasteiger partial charge in [-0.05, 0) is 67.1 Å². The first-order chi connectivity index (χ1) is 26.0. The van der Waals surface area contributed by atoms with E-state index in [9.17, 15) is 24.3 Å². The first kappa shape index (κ1) is 46.1. The van der Waals surface area contributed by atoms with Gasteiger partial charge in [-0.3, -0.25) is 19.2 Å². The molecule has 55 heavy (non-hydrogen) atoms. The standard InChI is InChI=1S/C42H72N6O7/c1-12-25(5)38(47(9)42(53)36(24(3)4)46-41(52)37-27(7)26(6)32(13-2)45-37)34(54-10)22-35(50)48-20-14-15-33(48)39(55-11)28(8)40(51)44-31(23-49)21-29-16-18-30(43)19-17-29/h16-19,24-28,31-34,36-39,45,49H,12-15,20-23,43H2,1-11H3,(H,44,51)(H,46,52)/t25-,26-,27?,28+,31-,32?,33-,34+,36-,37-,38?,39+/m0/s1. The summed E-state index contributed by atoms with van der Waals surface area (Å²) < 4.78 is 12.0. The third-order valence-electron chi connectivity index (χ3n) is 12.6. The van der Waals surface area contributed by atoms with E-state index in [0.29, 0.717) is 31.0 Å². The van der Waals surface area contributed by atoms with Crippen LogP contribution in [0.25, 0.3) is 0 Å². The zero-order valence-electron chi connectivity index (χ0n) is 35.3. The smallest absolute Gasteiger partial charge is 0.245 e. The van der Waals surface area contributed by atoms with E-state index in [1.165, 1.54) is 0 Å². The Balaban J connectivity index is 1.74. The first-order valence-electron chi connectivity index (χ1n) is 20.5. The average Bonchev–Trinajstić information content (AvgIpc) is 3.77. The van der Waals surface area contributed by atoms with Gasteiger partial charge >= 0.3 is 0 Å².